The van der Waals surface area contributed by atoms with Gasteiger partial charge < -0.3 is 4.74 Å². The van der Waals surface area contributed by atoms with Gasteiger partial charge in [-0.2, -0.15) is 0 Å². The molecule has 1 aromatic carbocycles. The number of ether oxygens (including phenoxy) is 1. The Bertz CT molecular complexity index is 759. The first-order valence-corrected chi connectivity index (χ1v) is 9.24. The molecule has 0 spiro atoms. The van der Waals surface area contributed by atoms with Crippen LogP contribution in [0.3, 0.4) is 0 Å². The number of morpholine rings is 1. The molecule has 0 unspecified atom stereocenters. The number of rotatable bonds is 5. The topological polar surface area (TPSA) is 67.4 Å². The summed E-state index contributed by atoms with van der Waals surface area (Å²) in [5.41, 5.74) is 0.369. The van der Waals surface area contributed by atoms with Gasteiger partial charge in [0.1, 0.15) is 16.9 Å². The van der Waals surface area contributed by atoms with Crippen LogP contribution in [0.25, 0.3) is 0 Å². The molecule has 0 radical (unpaired) electrons. The summed E-state index contributed by atoms with van der Waals surface area (Å²) in [7, 11) is 0. The van der Waals surface area contributed by atoms with Gasteiger partial charge in [-0.25, -0.2) is 4.39 Å². The highest BCUT2D eigenvalue weighted by molar-refractivity contribution is 7.15. The Morgan fingerprint density at radius 1 is 1.28 bits per heavy atom. The van der Waals surface area contributed by atoms with E-state index in [1.165, 1.54) is 17.4 Å². The third kappa shape index (κ3) is 3.70. The molecule has 8 heteroatoms. The van der Waals surface area contributed by atoms with Gasteiger partial charge in [0.05, 0.1) is 13.2 Å². The molecule has 1 aromatic heterocycles. The first-order chi connectivity index (χ1) is 12.2. The molecule has 2 heterocycles. The van der Waals surface area contributed by atoms with Crippen molar-refractivity contribution in [2.75, 3.05) is 31.6 Å². The minimum Gasteiger partial charge on any atom is -0.379 e. The molecule has 2 fully saturated rings. The number of aromatic nitrogens is 2. The molecule has 1 atom stereocenters. The number of carbonyl (C=O) groups excluding carboxylic acids is 1. The first kappa shape index (κ1) is 16.6. The lowest BCUT2D eigenvalue weighted by Crippen LogP contribution is -2.44. The van der Waals surface area contributed by atoms with E-state index in [2.05, 4.69) is 15.5 Å². The number of anilines is 1. The molecule has 6 nitrogen and oxygen atoms in total. The zero-order valence-corrected chi connectivity index (χ0v) is 14.5. The van der Waals surface area contributed by atoms with Crippen LogP contribution in [0.2, 0.25) is 0 Å². The minimum absolute atomic E-state index is 0.287. The van der Waals surface area contributed by atoms with Crippen molar-refractivity contribution in [2.24, 2.45) is 0 Å². The molecule has 1 saturated carbocycles. The Kier molecular flexibility index (Phi) is 4.74. The average molecular weight is 362 g/mol. The maximum absolute atomic E-state index is 14.3. The van der Waals surface area contributed by atoms with Crippen LogP contribution >= 0.6 is 11.3 Å². The van der Waals surface area contributed by atoms with Crippen LogP contribution in [0.1, 0.15) is 35.4 Å². The molecular formula is C17H19FN4O2S. The Balaban J connectivity index is 1.57. The molecular weight excluding hydrogens is 343 g/mol. The summed E-state index contributed by atoms with van der Waals surface area (Å²) in [5, 5.41) is 12.5. The summed E-state index contributed by atoms with van der Waals surface area (Å²) < 4.78 is 19.7. The predicted molar refractivity (Wildman–Crippen MR) is 92.0 cm³/mol. The number of halogens is 1. The SMILES string of the molecule is O=C(Nc1nnc(C2CC2)s1)[C@@H](c1ccccc1F)N1CCOCC1. The van der Waals surface area contributed by atoms with Crippen LogP contribution < -0.4 is 5.32 Å². The van der Waals surface area contributed by atoms with Crippen molar-refractivity contribution in [1.82, 2.24) is 15.1 Å². The van der Waals surface area contributed by atoms with Crippen molar-refractivity contribution in [3.05, 3.63) is 40.7 Å². The highest BCUT2D eigenvalue weighted by Gasteiger charge is 2.32. The molecule has 132 valence electrons. The van der Waals surface area contributed by atoms with Crippen molar-refractivity contribution in [3.8, 4) is 0 Å². The van der Waals surface area contributed by atoms with Crippen molar-refractivity contribution in [2.45, 2.75) is 24.8 Å². The zero-order chi connectivity index (χ0) is 17.2. The summed E-state index contributed by atoms with van der Waals surface area (Å²) in [4.78, 5) is 14.9. The van der Waals surface area contributed by atoms with Crippen molar-refractivity contribution >= 4 is 22.4 Å². The molecule has 25 heavy (non-hydrogen) atoms. The molecule has 4 rings (SSSR count). The van der Waals surface area contributed by atoms with E-state index in [9.17, 15) is 9.18 Å². The molecule has 1 saturated heterocycles. The second kappa shape index (κ2) is 7.15. The lowest BCUT2D eigenvalue weighted by molar-refractivity contribution is -0.123. The maximum Gasteiger partial charge on any atom is 0.248 e. The molecule has 2 aromatic rings. The fraction of sp³-hybridized carbons (Fsp3) is 0.471. The third-order valence-corrected chi connectivity index (χ3v) is 5.46. The van der Waals surface area contributed by atoms with E-state index >= 15 is 0 Å². The fourth-order valence-corrected chi connectivity index (χ4v) is 3.91. The van der Waals surface area contributed by atoms with Crippen LogP contribution in [-0.4, -0.2) is 47.3 Å². The van der Waals surface area contributed by atoms with Gasteiger partial charge in [-0.15, -0.1) is 10.2 Å². The summed E-state index contributed by atoms with van der Waals surface area (Å²) >= 11 is 1.40. The van der Waals surface area contributed by atoms with Gasteiger partial charge in [0.2, 0.25) is 11.0 Å². The van der Waals surface area contributed by atoms with Crippen molar-refractivity contribution in [3.63, 3.8) is 0 Å². The summed E-state index contributed by atoms with van der Waals surface area (Å²) in [6, 6.07) is 5.70. The second-order valence-corrected chi connectivity index (χ2v) is 7.29. The number of hydrogen-bond acceptors (Lipinski definition) is 6. The van der Waals surface area contributed by atoms with E-state index in [-0.39, 0.29) is 11.7 Å². The number of hydrogen-bond donors (Lipinski definition) is 1. The molecule has 0 bridgehead atoms. The summed E-state index contributed by atoms with van der Waals surface area (Å²) in [6.07, 6.45) is 2.27. The van der Waals surface area contributed by atoms with Gasteiger partial charge in [-0.1, -0.05) is 29.5 Å². The van der Waals surface area contributed by atoms with Gasteiger partial charge in [0.15, 0.2) is 0 Å². The molecule has 1 aliphatic carbocycles. The Labute approximate surface area is 149 Å². The van der Waals surface area contributed by atoms with Crippen LogP contribution in [0, 0.1) is 5.82 Å². The van der Waals surface area contributed by atoms with E-state index in [1.54, 1.807) is 18.2 Å². The van der Waals surface area contributed by atoms with Gasteiger partial charge in [0.25, 0.3) is 0 Å². The van der Waals surface area contributed by atoms with E-state index in [1.807, 2.05) is 4.90 Å². The lowest BCUT2D eigenvalue weighted by Gasteiger charge is -2.33. The van der Waals surface area contributed by atoms with Crippen molar-refractivity contribution < 1.29 is 13.9 Å². The van der Waals surface area contributed by atoms with Gasteiger partial charge in [0, 0.05) is 24.6 Å². The largest absolute Gasteiger partial charge is 0.379 e. The number of nitrogens with one attached hydrogen (secondary N) is 1. The standard InChI is InChI=1S/C17H19FN4O2S/c18-13-4-2-1-3-12(13)14(22-7-9-24-10-8-22)15(23)19-17-21-20-16(25-17)11-5-6-11/h1-4,11,14H,5-10H2,(H,19,21,23)/t14-/m1/s1. The highest BCUT2D eigenvalue weighted by Crippen LogP contribution is 2.42. The van der Waals surface area contributed by atoms with E-state index < -0.39 is 6.04 Å². The van der Waals surface area contributed by atoms with Gasteiger partial charge in [-0.3, -0.25) is 15.0 Å². The van der Waals surface area contributed by atoms with Gasteiger partial charge >= 0.3 is 0 Å². The van der Waals surface area contributed by atoms with Crippen LogP contribution in [0.15, 0.2) is 24.3 Å². The number of nitrogens with zero attached hydrogens (tertiary/aromatic N) is 3. The molecule has 1 amide bonds. The van der Waals surface area contributed by atoms with Crippen LogP contribution in [0.5, 0.6) is 0 Å². The Morgan fingerprint density at radius 2 is 2.04 bits per heavy atom. The van der Waals surface area contributed by atoms with E-state index in [0.717, 1.165) is 17.8 Å². The second-order valence-electron chi connectivity index (χ2n) is 6.28. The molecule has 1 aliphatic heterocycles. The lowest BCUT2D eigenvalue weighted by atomic mass is 10.0. The molecule has 1 N–H and O–H groups in total. The third-order valence-electron chi connectivity index (χ3n) is 4.46. The first-order valence-electron chi connectivity index (χ1n) is 8.43. The van der Waals surface area contributed by atoms with Crippen molar-refractivity contribution in [1.29, 1.82) is 0 Å². The minimum atomic E-state index is -0.710. The quantitative estimate of drug-likeness (QED) is 0.885. The zero-order valence-electron chi connectivity index (χ0n) is 13.7. The van der Waals surface area contributed by atoms with E-state index in [4.69, 9.17) is 4.74 Å². The Hall–Kier alpha value is -1.90. The molecule has 2 aliphatic rings. The highest BCUT2D eigenvalue weighted by atomic mass is 32.1. The fourth-order valence-electron chi connectivity index (χ4n) is 2.99. The summed E-state index contributed by atoms with van der Waals surface area (Å²) in [6.45, 7) is 2.22. The predicted octanol–water partition coefficient (Wildman–Crippen LogP) is 2.57. The summed E-state index contributed by atoms with van der Waals surface area (Å²) in [5.74, 6) is -0.180. The maximum atomic E-state index is 14.3. The van der Waals surface area contributed by atoms with Crippen LogP contribution in [-0.2, 0) is 9.53 Å². The number of carbonyl (C=O) groups is 1. The normalized spacial score (nSPS) is 19.6. The number of amides is 1. The van der Waals surface area contributed by atoms with Crippen LogP contribution in [0.4, 0.5) is 9.52 Å². The van der Waals surface area contributed by atoms with E-state index in [0.29, 0.717) is 42.9 Å². The monoisotopic (exact) mass is 362 g/mol. The number of benzene rings is 1. The van der Waals surface area contributed by atoms with Gasteiger partial charge in [-0.05, 0) is 18.9 Å². The average Bonchev–Trinajstić information content (AvgIpc) is 3.38. The Morgan fingerprint density at radius 3 is 2.76 bits per heavy atom. The smallest absolute Gasteiger partial charge is 0.248 e.